The molecule has 0 saturated heterocycles. The van der Waals surface area contributed by atoms with Crippen LogP contribution >= 0.6 is 0 Å². The van der Waals surface area contributed by atoms with Crippen LogP contribution < -0.4 is 14.4 Å². The monoisotopic (exact) mass is 446 g/mol. The minimum atomic E-state index is -3.44. The summed E-state index contributed by atoms with van der Waals surface area (Å²) in [5.74, 6) is 0.659. The summed E-state index contributed by atoms with van der Waals surface area (Å²) in [7, 11) is -3.44. The molecular formula is C24H34N2O4S. The van der Waals surface area contributed by atoms with Crippen LogP contribution in [0.1, 0.15) is 42.0 Å². The third-order valence-corrected chi connectivity index (χ3v) is 6.58. The van der Waals surface area contributed by atoms with E-state index in [2.05, 4.69) is 5.32 Å². The number of anilines is 1. The first kappa shape index (κ1) is 24.7. The van der Waals surface area contributed by atoms with Crippen molar-refractivity contribution in [1.29, 1.82) is 0 Å². The fourth-order valence-electron chi connectivity index (χ4n) is 3.27. The lowest BCUT2D eigenvalue weighted by Crippen LogP contribution is -2.37. The molecule has 1 N–H and O–H groups in total. The Bertz CT molecular complexity index is 1020. The molecule has 170 valence electrons. The van der Waals surface area contributed by atoms with E-state index in [1.807, 2.05) is 65.0 Å². The number of rotatable bonds is 10. The van der Waals surface area contributed by atoms with Gasteiger partial charge in [0.15, 0.2) is 0 Å². The first-order chi connectivity index (χ1) is 14.5. The van der Waals surface area contributed by atoms with Gasteiger partial charge in [-0.3, -0.25) is 9.10 Å². The van der Waals surface area contributed by atoms with Crippen molar-refractivity contribution in [3.05, 3.63) is 58.7 Å². The number of hydrogen-bond donors (Lipinski definition) is 1. The van der Waals surface area contributed by atoms with E-state index in [0.717, 1.165) is 22.4 Å². The first-order valence-electron chi connectivity index (χ1n) is 10.5. The van der Waals surface area contributed by atoms with Gasteiger partial charge in [-0.2, -0.15) is 0 Å². The molecule has 0 aromatic heterocycles. The Morgan fingerprint density at radius 2 is 1.77 bits per heavy atom. The third-order valence-electron chi connectivity index (χ3n) is 5.40. The van der Waals surface area contributed by atoms with Gasteiger partial charge in [0.2, 0.25) is 15.9 Å². The number of carbonyl (C=O) groups excluding carboxylic acids is 1. The zero-order valence-corrected chi connectivity index (χ0v) is 20.2. The van der Waals surface area contributed by atoms with Gasteiger partial charge in [0, 0.05) is 13.0 Å². The lowest BCUT2D eigenvalue weighted by Gasteiger charge is -2.25. The molecule has 0 saturated carbocycles. The SMILES string of the molecule is Cc1ccc(OC[C@H](C)NC(=O)CCCN(c2cccc(C)c2C)S(C)(=O)=O)cc1C. The Labute approximate surface area is 186 Å². The number of sulfonamides is 1. The Morgan fingerprint density at radius 1 is 1.06 bits per heavy atom. The number of aryl methyl sites for hydroxylation is 3. The second kappa shape index (κ2) is 10.7. The van der Waals surface area contributed by atoms with Crippen LogP contribution in [0.4, 0.5) is 5.69 Å². The zero-order valence-electron chi connectivity index (χ0n) is 19.4. The number of hydrogen-bond acceptors (Lipinski definition) is 4. The standard InChI is InChI=1S/C24H34N2O4S/c1-17-12-13-22(15-19(17)3)30-16-20(4)25-24(27)11-8-14-26(31(6,28)29)23-10-7-9-18(2)21(23)5/h7,9-10,12-13,15,20H,8,11,14,16H2,1-6H3,(H,25,27)/t20-/m0/s1. The van der Waals surface area contributed by atoms with Crippen LogP contribution in [0.25, 0.3) is 0 Å². The van der Waals surface area contributed by atoms with Crippen LogP contribution in [-0.4, -0.2) is 39.8 Å². The quantitative estimate of drug-likeness (QED) is 0.597. The molecule has 0 spiro atoms. The highest BCUT2D eigenvalue weighted by Crippen LogP contribution is 2.25. The van der Waals surface area contributed by atoms with Crippen molar-refractivity contribution in [1.82, 2.24) is 5.32 Å². The molecule has 0 bridgehead atoms. The molecule has 1 amide bonds. The van der Waals surface area contributed by atoms with Gasteiger partial charge in [0.25, 0.3) is 0 Å². The van der Waals surface area contributed by atoms with Crippen molar-refractivity contribution < 1.29 is 17.9 Å². The predicted molar refractivity (Wildman–Crippen MR) is 126 cm³/mol. The maximum atomic E-state index is 12.3. The molecule has 6 nitrogen and oxygen atoms in total. The predicted octanol–water partition coefficient (Wildman–Crippen LogP) is 4.05. The minimum Gasteiger partial charge on any atom is -0.491 e. The van der Waals surface area contributed by atoms with Gasteiger partial charge < -0.3 is 10.1 Å². The normalized spacial score (nSPS) is 12.3. The molecular weight excluding hydrogens is 412 g/mol. The van der Waals surface area contributed by atoms with Crippen LogP contribution in [-0.2, 0) is 14.8 Å². The fraction of sp³-hybridized carbons (Fsp3) is 0.458. The molecule has 2 rings (SSSR count). The van der Waals surface area contributed by atoms with Crippen LogP contribution in [0.2, 0.25) is 0 Å². The maximum Gasteiger partial charge on any atom is 0.232 e. The highest BCUT2D eigenvalue weighted by Gasteiger charge is 2.20. The molecule has 0 aliphatic rings. The highest BCUT2D eigenvalue weighted by atomic mass is 32.2. The average Bonchev–Trinajstić information content (AvgIpc) is 2.68. The van der Waals surface area contributed by atoms with Gasteiger partial charge in [-0.05, 0) is 81.5 Å². The number of benzene rings is 2. The average molecular weight is 447 g/mol. The number of ether oxygens (including phenoxy) is 1. The number of amides is 1. The molecule has 2 aromatic rings. The molecule has 0 aliphatic carbocycles. The van der Waals surface area contributed by atoms with Crippen molar-refractivity contribution in [3.8, 4) is 5.75 Å². The van der Waals surface area contributed by atoms with E-state index in [9.17, 15) is 13.2 Å². The summed E-state index contributed by atoms with van der Waals surface area (Å²) in [6.07, 6.45) is 1.86. The summed E-state index contributed by atoms with van der Waals surface area (Å²) in [6, 6.07) is 11.4. The Morgan fingerprint density at radius 3 is 2.42 bits per heavy atom. The molecule has 0 radical (unpaired) electrons. The van der Waals surface area contributed by atoms with Crippen LogP contribution in [0, 0.1) is 27.7 Å². The summed E-state index contributed by atoms with van der Waals surface area (Å²) in [6.45, 7) is 10.5. The largest absolute Gasteiger partial charge is 0.491 e. The van der Waals surface area contributed by atoms with E-state index in [1.165, 1.54) is 16.1 Å². The lowest BCUT2D eigenvalue weighted by molar-refractivity contribution is -0.121. The van der Waals surface area contributed by atoms with Crippen molar-refractivity contribution in [2.45, 2.75) is 53.5 Å². The maximum absolute atomic E-state index is 12.3. The van der Waals surface area contributed by atoms with E-state index in [1.54, 1.807) is 6.07 Å². The third kappa shape index (κ3) is 7.28. The van der Waals surface area contributed by atoms with E-state index < -0.39 is 10.0 Å². The molecule has 31 heavy (non-hydrogen) atoms. The van der Waals surface area contributed by atoms with Crippen molar-refractivity contribution >= 4 is 21.6 Å². The lowest BCUT2D eigenvalue weighted by atomic mass is 10.1. The topological polar surface area (TPSA) is 75.7 Å². The van der Waals surface area contributed by atoms with Crippen LogP contribution in [0.15, 0.2) is 36.4 Å². The van der Waals surface area contributed by atoms with E-state index in [4.69, 9.17) is 4.74 Å². The fourth-order valence-corrected chi connectivity index (χ4v) is 4.28. The Hall–Kier alpha value is -2.54. The summed E-state index contributed by atoms with van der Waals surface area (Å²) in [5, 5.41) is 2.92. The van der Waals surface area contributed by atoms with E-state index >= 15 is 0 Å². The molecule has 0 unspecified atom stereocenters. The molecule has 7 heteroatoms. The van der Waals surface area contributed by atoms with E-state index in [-0.39, 0.29) is 24.9 Å². The van der Waals surface area contributed by atoms with Crippen molar-refractivity contribution in [3.63, 3.8) is 0 Å². The Kier molecular flexibility index (Phi) is 8.51. The highest BCUT2D eigenvalue weighted by molar-refractivity contribution is 7.92. The summed E-state index contributed by atoms with van der Waals surface area (Å²) in [4.78, 5) is 12.3. The first-order valence-corrected chi connectivity index (χ1v) is 12.4. The number of carbonyl (C=O) groups is 1. The minimum absolute atomic E-state index is 0.120. The molecule has 0 heterocycles. The number of nitrogens with zero attached hydrogens (tertiary/aromatic N) is 1. The van der Waals surface area contributed by atoms with Gasteiger partial charge in [0.05, 0.1) is 18.0 Å². The van der Waals surface area contributed by atoms with Gasteiger partial charge in [-0.1, -0.05) is 18.2 Å². The van der Waals surface area contributed by atoms with Crippen LogP contribution in [0.5, 0.6) is 5.75 Å². The molecule has 1 atom stereocenters. The molecule has 0 fully saturated rings. The second-order valence-corrected chi connectivity index (χ2v) is 10.1. The van der Waals surface area contributed by atoms with Gasteiger partial charge in [-0.15, -0.1) is 0 Å². The number of nitrogens with one attached hydrogen (secondary N) is 1. The smallest absolute Gasteiger partial charge is 0.232 e. The van der Waals surface area contributed by atoms with Gasteiger partial charge in [-0.25, -0.2) is 8.42 Å². The summed E-state index contributed by atoms with van der Waals surface area (Å²) >= 11 is 0. The van der Waals surface area contributed by atoms with Gasteiger partial charge >= 0.3 is 0 Å². The zero-order chi connectivity index (χ0) is 23.2. The van der Waals surface area contributed by atoms with Crippen molar-refractivity contribution in [2.24, 2.45) is 0 Å². The molecule has 0 aliphatic heterocycles. The van der Waals surface area contributed by atoms with Crippen molar-refractivity contribution in [2.75, 3.05) is 23.7 Å². The van der Waals surface area contributed by atoms with Gasteiger partial charge in [0.1, 0.15) is 12.4 Å². The Balaban J connectivity index is 1.86. The summed E-state index contributed by atoms with van der Waals surface area (Å²) in [5.41, 5.74) is 4.99. The summed E-state index contributed by atoms with van der Waals surface area (Å²) < 4.78 is 31.8. The van der Waals surface area contributed by atoms with E-state index in [0.29, 0.717) is 18.7 Å². The van der Waals surface area contributed by atoms with Crippen LogP contribution in [0.3, 0.4) is 0 Å². The molecule has 2 aromatic carbocycles. The second-order valence-electron chi connectivity index (χ2n) is 8.18.